The minimum Gasteiger partial charge on any atom is -0.365 e. The number of fused-ring (bicyclic) bond motifs is 1. The molecule has 1 unspecified atom stereocenters. The van der Waals surface area contributed by atoms with Crippen LogP contribution in [0.1, 0.15) is 19.3 Å². The van der Waals surface area contributed by atoms with Gasteiger partial charge in [0, 0.05) is 12.5 Å². The zero-order valence-corrected chi connectivity index (χ0v) is 9.29. The summed E-state index contributed by atoms with van der Waals surface area (Å²) in [4.78, 5) is 19.6. The molecule has 1 aromatic heterocycles. The summed E-state index contributed by atoms with van der Waals surface area (Å²) < 4.78 is 0. The molecule has 0 aromatic carbocycles. The number of hydrogen-bond donors (Lipinski definition) is 2. The Bertz CT molecular complexity index is 446. The number of rotatable bonds is 1. The van der Waals surface area contributed by atoms with E-state index in [1.165, 1.54) is 19.0 Å². The number of amides is 1. The van der Waals surface area contributed by atoms with E-state index in [0.717, 1.165) is 0 Å². The zero-order valence-electron chi connectivity index (χ0n) is 8.53. The lowest BCUT2D eigenvalue weighted by Crippen LogP contribution is -2.24. The number of carbonyl (C=O) groups is 1. The van der Waals surface area contributed by atoms with E-state index < -0.39 is 0 Å². The molecule has 2 aliphatic rings. The van der Waals surface area contributed by atoms with Crippen molar-refractivity contribution in [1.29, 1.82) is 0 Å². The van der Waals surface area contributed by atoms with Crippen LogP contribution in [0.4, 0.5) is 11.5 Å². The smallest absolute Gasteiger partial charge is 0.226 e. The third kappa shape index (κ3) is 1.82. The highest BCUT2D eigenvalue weighted by Crippen LogP contribution is 2.37. The van der Waals surface area contributed by atoms with Crippen molar-refractivity contribution >= 4 is 29.0 Å². The van der Waals surface area contributed by atoms with Crippen LogP contribution < -0.4 is 10.6 Å². The van der Waals surface area contributed by atoms with E-state index in [1.54, 1.807) is 0 Å². The maximum absolute atomic E-state index is 11.6. The number of nitrogens with zero attached hydrogens (tertiary/aromatic N) is 2. The van der Waals surface area contributed by atoms with Crippen LogP contribution in [0.15, 0.2) is 6.20 Å². The van der Waals surface area contributed by atoms with Crippen LogP contribution in [0.5, 0.6) is 0 Å². The molecule has 1 atom stereocenters. The van der Waals surface area contributed by atoms with Crippen LogP contribution in [0.25, 0.3) is 0 Å². The van der Waals surface area contributed by atoms with E-state index >= 15 is 0 Å². The minimum atomic E-state index is 0.00840. The van der Waals surface area contributed by atoms with E-state index in [0.29, 0.717) is 23.8 Å². The highest BCUT2D eigenvalue weighted by atomic mass is 35.5. The van der Waals surface area contributed by atoms with Crippen molar-refractivity contribution in [3.63, 3.8) is 0 Å². The average molecular weight is 239 g/mol. The third-order valence-electron chi connectivity index (χ3n) is 2.95. The molecule has 1 aromatic rings. The van der Waals surface area contributed by atoms with Crippen molar-refractivity contribution < 1.29 is 4.79 Å². The van der Waals surface area contributed by atoms with Gasteiger partial charge < -0.3 is 10.6 Å². The van der Waals surface area contributed by atoms with E-state index in [2.05, 4.69) is 20.6 Å². The van der Waals surface area contributed by atoms with Gasteiger partial charge in [-0.25, -0.2) is 4.98 Å². The van der Waals surface area contributed by atoms with Crippen molar-refractivity contribution in [3.05, 3.63) is 11.5 Å². The van der Waals surface area contributed by atoms with Gasteiger partial charge >= 0.3 is 0 Å². The van der Waals surface area contributed by atoms with Gasteiger partial charge in [-0.15, -0.1) is 0 Å². The first-order chi connectivity index (χ1) is 7.72. The predicted octanol–water partition coefficient (Wildman–Crippen LogP) is 1.66. The van der Waals surface area contributed by atoms with Crippen LogP contribution in [-0.2, 0) is 4.79 Å². The number of aromatic nitrogens is 2. The normalized spacial score (nSPS) is 24.1. The first kappa shape index (κ1) is 9.84. The van der Waals surface area contributed by atoms with Crippen molar-refractivity contribution in [2.24, 2.45) is 5.92 Å². The highest BCUT2D eigenvalue weighted by molar-refractivity contribution is 6.28. The topological polar surface area (TPSA) is 66.9 Å². The molecule has 2 N–H and O–H groups in total. The summed E-state index contributed by atoms with van der Waals surface area (Å²) in [7, 11) is 0. The fourth-order valence-electron chi connectivity index (χ4n) is 1.97. The van der Waals surface area contributed by atoms with E-state index in [4.69, 9.17) is 11.6 Å². The standard InChI is InChI=1S/C10H11ClN4O/c11-10-12-4-7-9(15-10)14-6(5-1-2-5)3-8(16)13-7/h4-6H,1-3H2,(H,13,16)(H,12,14,15). The average Bonchev–Trinajstić information content (AvgIpc) is 3.02. The Morgan fingerprint density at radius 3 is 3.00 bits per heavy atom. The summed E-state index contributed by atoms with van der Waals surface area (Å²) >= 11 is 5.73. The molecule has 0 spiro atoms. The lowest BCUT2D eigenvalue weighted by atomic mass is 10.1. The number of hydrogen-bond acceptors (Lipinski definition) is 4. The summed E-state index contributed by atoms with van der Waals surface area (Å²) in [6, 6.07) is 0.173. The van der Waals surface area contributed by atoms with Gasteiger partial charge in [-0.3, -0.25) is 4.79 Å². The summed E-state index contributed by atoms with van der Waals surface area (Å²) in [5, 5.41) is 6.24. The molecule has 1 saturated carbocycles. The lowest BCUT2D eigenvalue weighted by Gasteiger charge is -2.14. The van der Waals surface area contributed by atoms with Crippen LogP contribution in [0.2, 0.25) is 5.28 Å². The molecule has 0 radical (unpaired) electrons. The van der Waals surface area contributed by atoms with Gasteiger partial charge in [0.2, 0.25) is 11.2 Å². The van der Waals surface area contributed by atoms with E-state index in [9.17, 15) is 4.79 Å². The third-order valence-corrected chi connectivity index (χ3v) is 3.13. The minimum absolute atomic E-state index is 0.00840. The van der Waals surface area contributed by atoms with Crippen LogP contribution in [0.3, 0.4) is 0 Å². The van der Waals surface area contributed by atoms with Gasteiger partial charge in [0.15, 0.2) is 5.82 Å². The SMILES string of the molecule is O=C1CC(C2CC2)Nc2nc(Cl)ncc2N1. The van der Waals surface area contributed by atoms with Gasteiger partial charge in [0.25, 0.3) is 0 Å². The lowest BCUT2D eigenvalue weighted by molar-refractivity contribution is -0.116. The van der Waals surface area contributed by atoms with E-state index in [-0.39, 0.29) is 17.2 Å². The Labute approximate surface area is 97.6 Å². The molecule has 3 rings (SSSR count). The molecule has 1 fully saturated rings. The molecule has 84 valence electrons. The first-order valence-corrected chi connectivity index (χ1v) is 5.69. The van der Waals surface area contributed by atoms with Crippen LogP contribution in [-0.4, -0.2) is 21.9 Å². The Hall–Kier alpha value is -1.36. The molecule has 2 heterocycles. The Morgan fingerprint density at radius 2 is 2.25 bits per heavy atom. The molecule has 16 heavy (non-hydrogen) atoms. The number of anilines is 2. The van der Waals surface area contributed by atoms with Gasteiger partial charge in [0.1, 0.15) is 5.69 Å². The first-order valence-electron chi connectivity index (χ1n) is 5.31. The molecule has 6 heteroatoms. The van der Waals surface area contributed by atoms with Crippen LogP contribution in [0, 0.1) is 5.92 Å². The van der Waals surface area contributed by atoms with Gasteiger partial charge in [-0.05, 0) is 30.4 Å². The fourth-order valence-corrected chi connectivity index (χ4v) is 2.11. The molecule has 1 amide bonds. The van der Waals surface area contributed by atoms with E-state index in [1.807, 2.05) is 0 Å². The van der Waals surface area contributed by atoms with Gasteiger partial charge in [-0.1, -0.05) is 0 Å². The second-order valence-electron chi connectivity index (χ2n) is 4.24. The number of nitrogens with one attached hydrogen (secondary N) is 2. The monoisotopic (exact) mass is 238 g/mol. The zero-order chi connectivity index (χ0) is 11.1. The molecular weight excluding hydrogens is 228 g/mol. The quantitative estimate of drug-likeness (QED) is 0.731. The molecule has 0 bridgehead atoms. The highest BCUT2D eigenvalue weighted by Gasteiger charge is 2.35. The predicted molar refractivity (Wildman–Crippen MR) is 60.4 cm³/mol. The van der Waals surface area contributed by atoms with Crippen molar-refractivity contribution in [1.82, 2.24) is 9.97 Å². The Morgan fingerprint density at radius 1 is 1.44 bits per heavy atom. The Balaban J connectivity index is 1.95. The molecule has 5 nitrogen and oxygen atoms in total. The van der Waals surface area contributed by atoms with Gasteiger partial charge in [0.05, 0.1) is 6.20 Å². The summed E-state index contributed by atoms with van der Waals surface area (Å²) in [5.41, 5.74) is 0.609. The summed E-state index contributed by atoms with van der Waals surface area (Å²) in [6.07, 6.45) is 4.38. The van der Waals surface area contributed by atoms with Crippen LogP contribution >= 0.6 is 11.6 Å². The van der Waals surface area contributed by atoms with Crippen molar-refractivity contribution in [2.45, 2.75) is 25.3 Å². The molecule has 0 saturated heterocycles. The number of halogens is 1. The number of carbonyl (C=O) groups excluding carboxylic acids is 1. The Kier molecular flexibility index (Phi) is 2.21. The molecule has 1 aliphatic heterocycles. The summed E-state index contributed by atoms with van der Waals surface area (Å²) in [5.74, 6) is 1.22. The second-order valence-corrected chi connectivity index (χ2v) is 4.58. The van der Waals surface area contributed by atoms with Crippen molar-refractivity contribution in [3.8, 4) is 0 Å². The molecule has 1 aliphatic carbocycles. The summed E-state index contributed by atoms with van der Waals surface area (Å²) in [6.45, 7) is 0. The largest absolute Gasteiger partial charge is 0.365 e. The fraction of sp³-hybridized carbons (Fsp3) is 0.500. The maximum Gasteiger partial charge on any atom is 0.226 e. The van der Waals surface area contributed by atoms with Crippen molar-refractivity contribution in [2.75, 3.05) is 10.6 Å². The van der Waals surface area contributed by atoms with Gasteiger partial charge in [-0.2, -0.15) is 4.98 Å². The molecular formula is C10H11ClN4O. The second kappa shape index (κ2) is 3.59. The maximum atomic E-state index is 11.6.